The largest absolute Gasteiger partial charge is 0.462 e. The monoisotopic (exact) mass is 197 g/mol. The minimum Gasteiger partial charge on any atom is -0.462 e. The first-order chi connectivity index (χ1) is 6.16. The van der Waals surface area contributed by atoms with Crippen LogP contribution in [0.1, 0.15) is 17.3 Å². The third-order valence-corrected chi connectivity index (χ3v) is 1.93. The van der Waals surface area contributed by atoms with Gasteiger partial charge >= 0.3 is 5.97 Å². The van der Waals surface area contributed by atoms with Crippen LogP contribution in [0.4, 0.5) is 5.69 Å². The van der Waals surface area contributed by atoms with E-state index in [0.29, 0.717) is 22.8 Å². The first kappa shape index (κ1) is 9.92. The number of carbonyl (C=O) groups is 1. The van der Waals surface area contributed by atoms with Crippen LogP contribution < -0.4 is 5.73 Å². The average Bonchev–Trinajstić information content (AvgIpc) is 2.04. The van der Waals surface area contributed by atoms with Gasteiger partial charge in [0.25, 0.3) is 0 Å². The fourth-order valence-electron chi connectivity index (χ4n) is 0.983. The molecule has 0 unspecified atom stereocenters. The Morgan fingerprint density at radius 1 is 1.62 bits per heavy atom. The van der Waals surface area contributed by atoms with E-state index in [4.69, 9.17) is 10.5 Å². The zero-order valence-corrected chi connectivity index (χ0v) is 8.17. The molecule has 0 spiro atoms. The Balaban J connectivity index is 3.05. The molecule has 1 rings (SSSR count). The molecule has 13 heavy (non-hydrogen) atoms. The van der Waals surface area contributed by atoms with E-state index in [0.717, 1.165) is 0 Å². The Morgan fingerprint density at radius 3 is 2.85 bits per heavy atom. The molecule has 0 fully saturated rings. The van der Waals surface area contributed by atoms with Crippen molar-refractivity contribution < 1.29 is 9.53 Å². The second-order valence-electron chi connectivity index (χ2n) is 2.46. The highest BCUT2D eigenvalue weighted by molar-refractivity contribution is 7.80. The minimum atomic E-state index is -0.425. The molecule has 1 aromatic rings. The molecule has 1 aromatic carbocycles. The van der Waals surface area contributed by atoms with E-state index in [-0.39, 0.29) is 0 Å². The second kappa shape index (κ2) is 4.18. The molecule has 0 aliphatic carbocycles. The molecule has 3 nitrogen and oxygen atoms in total. The van der Waals surface area contributed by atoms with E-state index < -0.39 is 5.97 Å². The van der Waals surface area contributed by atoms with Crippen LogP contribution in [0, 0.1) is 0 Å². The van der Waals surface area contributed by atoms with Crippen LogP contribution in [-0.2, 0) is 4.74 Å². The molecule has 0 radical (unpaired) electrons. The van der Waals surface area contributed by atoms with Gasteiger partial charge in [0.2, 0.25) is 0 Å². The van der Waals surface area contributed by atoms with E-state index >= 15 is 0 Å². The highest BCUT2D eigenvalue weighted by Crippen LogP contribution is 2.20. The Morgan fingerprint density at radius 2 is 2.31 bits per heavy atom. The average molecular weight is 197 g/mol. The fourth-order valence-corrected chi connectivity index (χ4v) is 1.29. The Labute approximate surface area is 82.3 Å². The highest BCUT2D eigenvalue weighted by atomic mass is 32.1. The van der Waals surface area contributed by atoms with Crippen LogP contribution in [0.25, 0.3) is 0 Å². The molecular formula is C9H11NO2S. The van der Waals surface area contributed by atoms with Gasteiger partial charge in [-0.3, -0.25) is 0 Å². The van der Waals surface area contributed by atoms with Gasteiger partial charge in [0.05, 0.1) is 12.2 Å². The van der Waals surface area contributed by atoms with Crippen molar-refractivity contribution in [2.24, 2.45) is 0 Å². The normalized spacial score (nSPS) is 9.69. The van der Waals surface area contributed by atoms with Crippen LogP contribution in [0.2, 0.25) is 0 Å². The predicted molar refractivity (Wildman–Crippen MR) is 54.1 cm³/mol. The van der Waals surface area contributed by atoms with Crippen LogP contribution in [0.15, 0.2) is 23.1 Å². The SMILES string of the molecule is CCOC(=O)c1c(N)cccc1S. The molecule has 0 aliphatic heterocycles. The summed E-state index contributed by atoms with van der Waals surface area (Å²) in [5.41, 5.74) is 6.34. The predicted octanol–water partition coefficient (Wildman–Crippen LogP) is 1.73. The number of carbonyl (C=O) groups excluding carboxylic acids is 1. The summed E-state index contributed by atoms with van der Waals surface area (Å²) >= 11 is 4.12. The van der Waals surface area contributed by atoms with Crippen molar-refractivity contribution in [1.29, 1.82) is 0 Å². The van der Waals surface area contributed by atoms with Gasteiger partial charge in [0, 0.05) is 10.6 Å². The van der Waals surface area contributed by atoms with E-state index in [1.165, 1.54) is 0 Å². The van der Waals surface area contributed by atoms with Crippen LogP contribution >= 0.6 is 12.6 Å². The van der Waals surface area contributed by atoms with Crippen molar-refractivity contribution >= 4 is 24.3 Å². The van der Waals surface area contributed by atoms with Gasteiger partial charge in [0.1, 0.15) is 0 Å². The Kier molecular flexibility index (Phi) is 3.19. The molecule has 0 atom stereocenters. The topological polar surface area (TPSA) is 52.3 Å². The molecule has 0 aromatic heterocycles. The molecule has 0 bridgehead atoms. The van der Waals surface area contributed by atoms with Crippen molar-refractivity contribution in [1.82, 2.24) is 0 Å². The van der Waals surface area contributed by atoms with E-state index in [1.54, 1.807) is 25.1 Å². The van der Waals surface area contributed by atoms with Gasteiger partial charge in [-0.2, -0.15) is 0 Å². The number of thiol groups is 1. The molecule has 2 N–H and O–H groups in total. The summed E-state index contributed by atoms with van der Waals surface area (Å²) < 4.78 is 4.82. The molecule has 0 aliphatic rings. The van der Waals surface area contributed by atoms with Crippen molar-refractivity contribution in [3.8, 4) is 0 Å². The smallest absolute Gasteiger partial charge is 0.341 e. The third kappa shape index (κ3) is 2.15. The van der Waals surface area contributed by atoms with Gasteiger partial charge in [-0.15, -0.1) is 12.6 Å². The van der Waals surface area contributed by atoms with Crippen molar-refractivity contribution in [2.75, 3.05) is 12.3 Å². The number of esters is 1. The number of rotatable bonds is 2. The number of hydrogen-bond acceptors (Lipinski definition) is 4. The van der Waals surface area contributed by atoms with Gasteiger partial charge < -0.3 is 10.5 Å². The molecule has 0 saturated carbocycles. The number of nitrogens with two attached hydrogens (primary N) is 1. The molecule has 70 valence electrons. The van der Waals surface area contributed by atoms with Gasteiger partial charge in [-0.25, -0.2) is 4.79 Å². The lowest BCUT2D eigenvalue weighted by Crippen LogP contribution is -2.08. The van der Waals surface area contributed by atoms with E-state index in [9.17, 15) is 4.79 Å². The Bertz CT molecular complexity index is 305. The summed E-state index contributed by atoms with van der Waals surface area (Å²) in [6.45, 7) is 2.08. The van der Waals surface area contributed by atoms with Crippen molar-refractivity contribution in [3.63, 3.8) is 0 Å². The molecule has 0 amide bonds. The van der Waals surface area contributed by atoms with Crippen molar-refractivity contribution in [2.45, 2.75) is 11.8 Å². The summed E-state index contributed by atoms with van der Waals surface area (Å²) in [6, 6.07) is 5.08. The fraction of sp³-hybridized carbons (Fsp3) is 0.222. The number of anilines is 1. The molecule has 4 heteroatoms. The summed E-state index contributed by atoms with van der Waals surface area (Å²) in [5.74, 6) is -0.425. The maximum Gasteiger partial charge on any atom is 0.341 e. The van der Waals surface area contributed by atoms with Gasteiger partial charge in [-0.1, -0.05) is 6.07 Å². The lowest BCUT2D eigenvalue weighted by molar-refractivity contribution is 0.0523. The minimum absolute atomic E-state index is 0.334. The number of nitrogen functional groups attached to an aromatic ring is 1. The lowest BCUT2D eigenvalue weighted by Gasteiger charge is -2.06. The lowest BCUT2D eigenvalue weighted by atomic mass is 10.2. The summed E-state index contributed by atoms with van der Waals surface area (Å²) in [5, 5.41) is 0. The quantitative estimate of drug-likeness (QED) is 0.431. The first-order valence-corrected chi connectivity index (χ1v) is 4.36. The number of benzene rings is 1. The standard InChI is InChI=1S/C9H11NO2S/c1-2-12-9(11)8-6(10)4-3-5-7(8)13/h3-5,13H,2,10H2,1H3. The maximum atomic E-state index is 11.3. The molecule has 0 saturated heterocycles. The summed E-state index contributed by atoms with van der Waals surface area (Å²) in [6.07, 6.45) is 0. The highest BCUT2D eigenvalue weighted by Gasteiger charge is 2.13. The van der Waals surface area contributed by atoms with Gasteiger partial charge in [-0.05, 0) is 19.1 Å². The summed E-state index contributed by atoms with van der Waals surface area (Å²) in [7, 11) is 0. The first-order valence-electron chi connectivity index (χ1n) is 3.91. The Hall–Kier alpha value is -1.16. The number of ether oxygens (including phenoxy) is 1. The summed E-state index contributed by atoms with van der Waals surface area (Å²) in [4.78, 5) is 11.9. The molecular weight excluding hydrogens is 186 g/mol. The zero-order valence-electron chi connectivity index (χ0n) is 7.28. The van der Waals surface area contributed by atoms with Gasteiger partial charge in [0.15, 0.2) is 0 Å². The maximum absolute atomic E-state index is 11.3. The van der Waals surface area contributed by atoms with Crippen LogP contribution in [0.3, 0.4) is 0 Å². The van der Waals surface area contributed by atoms with E-state index in [1.807, 2.05) is 0 Å². The second-order valence-corrected chi connectivity index (χ2v) is 2.94. The van der Waals surface area contributed by atoms with Crippen LogP contribution in [-0.4, -0.2) is 12.6 Å². The van der Waals surface area contributed by atoms with Crippen molar-refractivity contribution in [3.05, 3.63) is 23.8 Å². The third-order valence-electron chi connectivity index (χ3n) is 1.55. The van der Waals surface area contributed by atoms with Crippen LogP contribution in [0.5, 0.6) is 0 Å². The zero-order chi connectivity index (χ0) is 9.84. The number of hydrogen-bond donors (Lipinski definition) is 2. The molecule has 0 heterocycles. The van der Waals surface area contributed by atoms with E-state index in [2.05, 4.69) is 12.6 Å².